The number of benzene rings is 3. The molecule has 1 fully saturated rings. The largest absolute Gasteiger partial charge is 0.465 e. The van der Waals surface area contributed by atoms with Crippen LogP contribution in [0, 0.1) is 6.92 Å². The van der Waals surface area contributed by atoms with E-state index in [1.807, 2.05) is 25.1 Å². The van der Waals surface area contributed by atoms with Crippen LogP contribution >= 0.6 is 0 Å². The van der Waals surface area contributed by atoms with Crippen molar-refractivity contribution >= 4 is 11.7 Å². The minimum absolute atomic E-state index is 0.0676. The van der Waals surface area contributed by atoms with Crippen molar-refractivity contribution in [3.63, 3.8) is 0 Å². The fourth-order valence-corrected chi connectivity index (χ4v) is 5.56. The molecule has 4 rings (SSSR count). The van der Waals surface area contributed by atoms with Gasteiger partial charge in [0.15, 0.2) is 0 Å². The molecule has 4 nitrogen and oxygen atoms in total. The van der Waals surface area contributed by atoms with E-state index in [2.05, 4.69) is 84.3 Å². The number of rotatable bonds is 11. The fraction of sp³-hybridized carbons (Fsp3) is 0.424. The number of aryl methyl sites for hydroxylation is 1. The summed E-state index contributed by atoms with van der Waals surface area (Å²) in [6.45, 7) is 12.0. The number of hydrogen-bond acceptors (Lipinski definition) is 4. The topological polar surface area (TPSA) is 32.8 Å². The highest BCUT2D eigenvalue weighted by molar-refractivity contribution is 5.83. The number of esters is 1. The first-order chi connectivity index (χ1) is 18.1. The highest BCUT2D eigenvalue weighted by atomic mass is 16.5. The maximum absolute atomic E-state index is 13.2. The highest BCUT2D eigenvalue weighted by Crippen LogP contribution is 2.35. The monoisotopic (exact) mass is 498 g/mol. The molecule has 0 radical (unpaired) electrons. The maximum Gasteiger partial charge on any atom is 0.316 e. The van der Waals surface area contributed by atoms with E-state index in [-0.39, 0.29) is 5.97 Å². The lowest BCUT2D eigenvalue weighted by Crippen LogP contribution is -2.47. The van der Waals surface area contributed by atoms with Crippen molar-refractivity contribution in [2.45, 2.75) is 51.9 Å². The van der Waals surface area contributed by atoms with Gasteiger partial charge in [0, 0.05) is 31.9 Å². The van der Waals surface area contributed by atoms with Crippen molar-refractivity contribution in [3.8, 4) is 11.1 Å². The summed E-state index contributed by atoms with van der Waals surface area (Å²) in [6.07, 6.45) is 3.40. The molecule has 3 aromatic rings. The first kappa shape index (κ1) is 26.9. The molecule has 3 aromatic carbocycles. The summed E-state index contributed by atoms with van der Waals surface area (Å²) in [7, 11) is 0. The quantitative estimate of drug-likeness (QED) is 0.270. The van der Waals surface area contributed by atoms with E-state index in [1.54, 1.807) is 0 Å². The van der Waals surface area contributed by atoms with Crippen LogP contribution in [0.3, 0.4) is 0 Å². The summed E-state index contributed by atoms with van der Waals surface area (Å²) in [5.41, 5.74) is 5.70. The molecule has 0 spiro atoms. The molecule has 0 saturated carbocycles. The zero-order chi connectivity index (χ0) is 26.1. The van der Waals surface area contributed by atoms with Crippen molar-refractivity contribution in [2.24, 2.45) is 0 Å². The summed E-state index contributed by atoms with van der Waals surface area (Å²) in [6, 6.07) is 27.8. The predicted octanol–water partition coefficient (Wildman–Crippen LogP) is 6.87. The number of nitrogens with zero attached hydrogens (tertiary/aromatic N) is 2. The molecule has 1 saturated heterocycles. The van der Waals surface area contributed by atoms with E-state index in [4.69, 9.17) is 4.74 Å². The normalized spacial score (nSPS) is 15.8. The smallest absolute Gasteiger partial charge is 0.316 e. The van der Waals surface area contributed by atoms with Crippen LogP contribution in [0.5, 0.6) is 0 Å². The van der Waals surface area contributed by atoms with Crippen LogP contribution in [-0.4, -0.2) is 50.2 Å². The van der Waals surface area contributed by atoms with Crippen molar-refractivity contribution in [3.05, 3.63) is 90.0 Å². The van der Waals surface area contributed by atoms with Gasteiger partial charge < -0.3 is 9.64 Å². The van der Waals surface area contributed by atoms with Gasteiger partial charge in [0.2, 0.25) is 0 Å². The SMILES string of the molecule is CCCOC(=O)C(CC)(CCCN1CCN(c2ccc(-c3ccccc3C)cc2)CC1)c1ccccc1. The third-order valence-electron chi connectivity index (χ3n) is 7.90. The molecule has 1 aliphatic rings. The number of carbonyl (C=O) groups excluding carboxylic acids is 1. The van der Waals surface area contributed by atoms with Gasteiger partial charge in [-0.1, -0.05) is 80.6 Å². The molecule has 0 bridgehead atoms. The van der Waals surface area contributed by atoms with Crippen LogP contribution in [0.4, 0.5) is 5.69 Å². The number of carbonyl (C=O) groups is 1. The zero-order valence-electron chi connectivity index (χ0n) is 22.8. The second kappa shape index (κ2) is 12.9. The average molecular weight is 499 g/mol. The minimum Gasteiger partial charge on any atom is -0.465 e. The summed E-state index contributed by atoms with van der Waals surface area (Å²) >= 11 is 0. The Morgan fingerprint density at radius 2 is 1.54 bits per heavy atom. The van der Waals surface area contributed by atoms with Crippen molar-refractivity contribution in [1.82, 2.24) is 4.90 Å². The lowest BCUT2D eigenvalue weighted by Gasteiger charge is -2.37. The molecule has 0 aromatic heterocycles. The summed E-state index contributed by atoms with van der Waals surface area (Å²) < 4.78 is 5.69. The number of anilines is 1. The van der Waals surface area contributed by atoms with Crippen LogP contribution in [-0.2, 0) is 14.9 Å². The molecular weight excluding hydrogens is 456 g/mol. The number of hydrogen-bond donors (Lipinski definition) is 0. The fourth-order valence-electron chi connectivity index (χ4n) is 5.56. The van der Waals surface area contributed by atoms with Gasteiger partial charge in [0.05, 0.1) is 12.0 Å². The van der Waals surface area contributed by atoms with Crippen LogP contribution in [0.25, 0.3) is 11.1 Å². The predicted molar refractivity (Wildman–Crippen MR) is 154 cm³/mol. The number of piperazine rings is 1. The first-order valence-electron chi connectivity index (χ1n) is 13.9. The molecule has 1 unspecified atom stereocenters. The van der Waals surface area contributed by atoms with Gasteiger partial charge in [-0.05, 0) is 73.5 Å². The zero-order valence-corrected chi connectivity index (χ0v) is 22.8. The Kier molecular flexibility index (Phi) is 9.40. The van der Waals surface area contributed by atoms with Gasteiger partial charge in [-0.2, -0.15) is 0 Å². The summed E-state index contributed by atoms with van der Waals surface area (Å²) in [5, 5.41) is 0. The first-order valence-corrected chi connectivity index (χ1v) is 13.9. The van der Waals surface area contributed by atoms with E-state index in [0.717, 1.165) is 64.0 Å². The standard InChI is InChI=1S/C33H42N2O2/c1-4-26-37-32(36)33(5-2,29-13-7-6-8-14-29)20-11-21-34-22-24-35(25-23-34)30-18-16-28(17-19-30)31-15-10-9-12-27(31)3/h6-10,12-19H,4-5,11,20-26H2,1-3H3. The Morgan fingerprint density at radius 3 is 2.19 bits per heavy atom. The highest BCUT2D eigenvalue weighted by Gasteiger charge is 2.39. The van der Waals surface area contributed by atoms with Crippen molar-refractivity contribution in [2.75, 3.05) is 44.2 Å². The molecular formula is C33H42N2O2. The van der Waals surface area contributed by atoms with Crippen LogP contribution in [0.2, 0.25) is 0 Å². The van der Waals surface area contributed by atoms with E-state index in [0.29, 0.717) is 6.61 Å². The molecule has 4 heteroatoms. The molecule has 37 heavy (non-hydrogen) atoms. The van der Waals surface area contributed by atoms with Gasteiger partial charge in [0.1, 0.15) is 0 Å². The van der Waals surface area contributed by atoms with Crippen molar-refractivity contribution < 1.29 is 9.53 Å². The molecule has 0 aliphatic carbocycles. The Hall–Kier alpha value is -3.11. The second-order valence-electron chi connectivity index (χ2n) is 10.2. The van der Waals surface area contributed by atoms with Crippen LogP contribution in [0.15, 0.2) is 78.9 Å². The molecule has 1 aliphatic heterocycles. The van der Waals surface area contributed by atoms with E-state index in [9.17, 15) is 4.79 Å². The number of ether oxygens (including phenoxy) is 1. The molecule has 1 heterocycles. The molecule has 0 amide bonds. The third-order valence-corrected chi connectivity index (χ3v) is 7.90. The Morgan fingerprint density at radius 1 is 0.865 bits per heavy atom. The van der Waals surface area contributed by atoms with E-state index in [1.165, 1.54) is 22.4 Å². The second-order valence-corrected chi connectivity index (χ2v) is 10.2. The summed E-state index contributed by atoms with van der Waals surface area (Å²) in [5.74, 6) is -0.0676. The van der Waals surface area contributed by atoms with E-state index >= 15 is 0 Å². The minimum atomic E-state index is -0.558. The van der Waals surface area contributed by atoms with Gasteiger partial charge >= 0.3 is 5.97 Å². The summed E-state index contributed by atoms with van der Waals surface area (Å²) in [4.78, 5) is 18.3. The third kappa shape index (κ3) is 6.42. The Bertz CT molecular complexity index is 1120. The van der Waals surface area contributed by atoms with Crippen LogP contribution in [0.1, 0.15) is 50.7 Å². The molecule has 196 valence electrons. The lowest BCUT2D eigenvalue weighted by molar-refractivity contribution is -0.151. The van der Waals surface area contributed by atoms with Gasteiger partial charge in [-0.15, -0.1) is 0 Å². The lowest BCUT2D eigenvalue weighted by atomic mass is 9.74. The van der Waals surface area contributed by atoms with Gasteiger partial charge in [-0.3, -0.25) is 9.69 Å². The Balaban J connectivity index is 1.32. The maximum atomic E-state index is 13.2. The Labute approximate surface area is 223 Å². The van der Waals surface area contributed by atoms with Crippen molar-refractivity contribution in [1.29, 1.82) is 0 Å². The van der Waals surface area contributed by atoms with E-state index < -0.39 is 5.41 Å². The van der Waals surface area contributed by atoms with Crippen LogP contribution < -0.4 is 4.90 Å². The van der Waals surface area contributed by atoms with Gasteiger partial charge in [-0.25, -0.2) is 0 Å². The molecule has 1 atom stereocenters. The van der Waals surface area contributed by atoms with Gasteiger partial charge in [0.25, 0.3) is 0 Å². The average Bonchev–Trinajstić information content (AvgIpc) is 2.95. The molecule has 0 N–H and O–H groups in total.